The molecule has 0 saturated carbocycles. The van der Waals surface area contributed by atoms with Crippen LogP contribution in [0.1, 0.15) is 33.6 Å². The van der Waals surface area contributed by atoms with Gasteiger partial charge >= 0.3 is 0 Å². The summed E-state index contributed by atoms with van der Waals surface area (Å²) in [5.74, 6) is -1.19. The molecular weight excluding hydrogens is 358 g/mol. The zero-order chi connectivity index (χ0) is 20.0. The van der Waals surface area contributed by atoms with Gasteiger partial charge in [0.15, 0.2) is 0 Å². The van der Waals surface area contributed by atoms with E-state index in [0.29, 0.717) is 11.7 Å². The van der Waals surface area contributed by atoms with Crippen LogP contribution in [0, 0.1) is 0 Å². The van der Waals surface area contributed by atoms with Crippen LogP contribution in [-0.4, -0.2) is 54.5 Å². The normalized spacial score (nSPS) is 19.1. The highest BCUT2D eigenvalue weighted by Gasteiger charge is 2.31. The van der Waals surface area contributed by atoms with Crippen LogP contribution in [0.4, 0.5) is 11.5 Å². The quantitative estimate of drug-likeness (QED) is 0.764. The summed E-state index contributed by atoms with van der Waals surface area (Å²) in [6.07, 6.45) is 2.31. The molecule has 146 valence electrons. The van der Waals surface area contributed by atoms with E-state index < -0.39 is 17.4 Å². The van der Waals surface area contributed by atoms with E-state index >= 15 is 0 Å². The number of hydrogen-bond acceptors (Lipinski definition) is 6. The largest absolute Gasteiger partial charge is 0.384 e. The molecule has 3 N–H and O–H groups in total. The van der Waals surface area contributed by atoms with Gasteiger partial charge in [-0.1, -0.05) is 0 Å². The first-order chi connectivity index (χ1) is 13.4. The zero-order valence-electron chi connectivity index (χ0n) is 15.9. The summed E-state index contributed by atoms with van der Waals surface area (Å²) in [4.78, 5) is 40.9. The van der Waals surface area contributed by atoms with Gasteiger partial charge in [0.1, 0.15) is 5.82 Å². The number of nitrogens with one attached hydrogen (secondary N) is 1. The Morgan fingerprint density at radius 3 is 2.43 bits per heavy atom. The van der Waals surface area contributed by atoms with Crippen molar-refractivity contribution in [3.8, 4) is 5.69 Å². The number of pyridine rings is 1. The van der Waals surface area contributed by atoms with E-state index in [1.807, 2.05) is 24.3 Å². The molecule has 1 aromatic heterocycles. The number of rotatable bonds is 3. The number of carbonyl (C=O) groups excluding carboxylic acids is 2. The Hall–Kier alpha value is -3.13. The highest BCUT2D eigenvalue weighted by atomic mass is 16.2. The molecule has 8 nitrogen and oxygen atoms in total. The van der Waals surface area contributed by atoms with Gasteiger partial charge in [0, 0.05) is 30.9 Å². The van der Waals surface area contributed by atoms with Crippen molar-refractivity contribution < 1.29 is 9.59 Å². The minimum Gasteiger partial charge on any atom is -0.384 e. The van der Waals surface area contributed by atoms with E-state index in [2.05, 4.69) is 29.2 Å². The first-order valence-electron chi connectivity index (χ1n) is 9.30. The van der Waals surface area contributed by atoms with Gasteiger partial charge in [-0.3, -0.25) is 24.3 Å². The number of nitrogen functional groups attached to an aromatic ring is 1. The Labute approximate surface area is 162 Å². The number of nitrogens with zero attached hydrogens (tertiary/aromatic N) is 3. The van der Waals surface area contributed by atoms with Crippen molar-refractivity contribution in [2.24, 2.45) is 0 Å². The highest BCUT2D eigenvalue weighted by Crippen LogP contribution is 2.26. The molecule has 28 heavy (non-hydrogen) atoms. The van der Waals surface area contributed by atoms with Crippen molar-refractivity contribution in [1.82, 2.24) is 14.8 Å². The van der Waals surface area contributed by atoms with Crippen molar-refractivity contribution in [1.29, 1.82) is 0 Å². The summed E-state index contributed by atoms with van der Waals surface area (Å²) < 4.78 is 1.26. The Morgan fingerprint density at radius 1 is 1.07 bits per heavy atom. The summed E-state index contributed by atoms with van der Waals surface area (Å²) >= 11 is 0. The number of benzene rings is 1. The summed E-state index contributed by atoms with van der Waals surface area (Å²) in [5, 5.41) is 2.17. The van der Waals surface area contributed by atoms with Crippen LogP contribution in [0.2, 0.25) is 0 Å². The smallest absolute Gasteiger partial charge is 0.262 e. The van der Waals surface area contributed by atoms with E-state index in [1.165, 1.54) is 11.0 Å². The van der Waals surface area contributed by atoms with E-state index in [-0.39, 0.29) is 16.9 Å². The lowest BCUT2D eigenvalue weighted by Gasteiger charge is -2.37. The number of piperidine rings is 1. The monoisotopic (exact) mass is 381 g/mol. The van der Waals surface area contributed by atoms with Crippen molar-refractivity contribution >= 4 is 23.3 Å². The molecular formula is C20H23N5O3. The van der Waals surface area contributed by atoms with Crippen LogP contribution in [0.25, 0.3) is 5.69 Å². The number of likely N-dealkylation sites (N-methyl/N-ethyl adjacent to an activating group) is 1. The Kier molecular flexibility index (Phi) is 4.43. The first kappa shape index (κ1) is 18.2. The summed E-state index contributed by atoms with van der Waals surface area (Å²) in [6, 6.07) is 9.21. The lowest BCUT2D eigenvalue weighted by molar-refractivity contribution is 0.0880. The average molecular weight is 381 g/mol. The lowest BCUT2D eigenvalue weighted by Crippen LogP contribution is -2.45. The number of anilines is 2. The van der Waals surface area contributed by atoms with E-state index in [1.54, 1.807) is 0 Å². The van der Waals surface area contributed by atoms with Crippen LogP contribution in [0.5, 0.6) is 0 Å². The molecule has 1 saturated heterocycles. The van der Waals surface area contributed by atoms with Gasteiger partial charge in [-0.05, 0) is 51.2 Å². The van der Waals surface area contributed by atoms with Gasteiger partial charge in [-0.15, -0.1) is 0 Å². The van der Waals surface area contributed by atoms with Crippen LogP contribution in [0.3, 0.4) is 0 Å². The van der Waals surface area contributed by atoms with Crippen LogP contribution in [0.15, 0.2) is 35.1 Å². The van der Waals surface area contributed by atoms with Gasteiger partial charge in [-0.25, -0.2) is 0 Å². The number of hydrogen-bond donors (Lipinski definition) is 2. The maximum absolute atomic E-state index is 12.5. The first-order valence-corrected chi connectivity index (χ1v) is 9.30. The molecule has 2 amide bonds. The molecule has 4 rings (SSSR count). The third kappa shape index (κ3) is 2.95. The fourth-order valence-corrected chi connectivity index (χ4v) is 3.97. The lowest BCUT2D eigenvalue weighted by atomic mass is 10.0. The van der Waals surface area contributed by atoms with E-state index in [9.17, 15) is 14.4 Å². The molecule has 2 aromatic rings. The van der Waals surface area contributed by atoms with Gasteiger partial charge in [0.2, 0.25) is 0 Å². The summed E-state index contributed by atoms with van der Waals surface area (Å²) in [5.41, 5.74) is 7.36. The predicted molar refractivity (Wildman–Crippen MR) is 107 cm³/mol. The number of fused-ring (bicyclic) bond motifs is 1. The molecule has 8 heteroatoms. The van der Waals surface area contributed by atoms with Gasteiger partial charge in [0.25, 0.3) is 17.4 Å². The van der Waals surface area contributed by atoms with Crippen LogP contribution in [-0.2, 0) is 0 Å². The molecule has 1 fully saturated rings. The second kappa shape index (κ2) is 6.79. The number of aromatic nitrogens is 1. The second-order valence-electron chi connectivity index (χ2n) is 7.50. The molecule has 1 unspecified atom stereocenters. The Bertz CT molecular complexity index is 1010. The molecule has 3 heterocycles. The van der Waals surface area contributed by atoms with Crippen LogP contribution >= 0.6 is 0 Å². The van der Waals surface area contributed by atoms with E-state index in [4.69, 9.17) is 5.73 Å². The van der Waals surface area contributed by atoms with Gasteiger partial charge < -0.3 is 15.5 Å². The van der Waals surface area contributed by atoms with Crippen molar-refractivity contribution in [2.75, 3.05) is 37.8 Å². The summed E-state index contributed by atoms with van der Waals surface area (Å²) in [6.45, 7) is 1.95. The van der Waals surface area contributed by atoms with E-state index in [0.717, 1.165) is 31.3 Å². The number of carbonyl (C=O) groups is 2. The fourth-order valence-electron chi connectivity index (χ4n) is 3.97. The Morgan fingerprint density at radius 2 is 1.75 bits per heavy atom. The fraction of sp³-hybridized carbons (Fsp3) is 0.350. The molecule has 1 atom stereocenters. The minimum absolute atomic E-state index is 0.0238. The Balaban J connectivity index is 1.67. The molecule has 2 aliphatic heterocycles. The van der Waals surface area contributed by atoms with Crippen LogP contribution < -0.4 is 21.5 Å². The van der Waals surface area contributed by atoms with Crippen molar-refractivity contribution in [3.05, 3.63) is 51.8 Å². The van der Waals surface area contributed by atoms with Gasteiger partial charge in [-0.2, -0.15) is 0 Å². The third-order valence-corrected chi connectivity index (χ3v) is 5.55. The molecule has 0 radical (unpaired) electrons. The zero-order valence-corrected chi connectivity index (χ0v) is 15.9. The van der Waals surface area contributed by atoms with Gasteiger partial charge in [0.05, 0.1) is 16.8 Å². The number of amides is 2. The number of imide groups is 1. The molecule has 0 bridgehead atoms. The average Bonchev–Trinajstić information content (AvgIpc) is 2.96. The molecule has 1 aromatic carbocycles. The second-order valence-corrected chi connectivity index (χ2v) is 7.50. The standard InChI is InChI=1S/C20H23N5O3/c1-23(2)14-4-3-9-24(11-14)12-5-7-13(8-6-12)25-16(26)10-15-17(18(25)21)20(28)22-19(15)27/h5-8,10,14H,3-4,9,11,21H2,1-2H3,(H,22,27,28). The molecule has 0 spiro atoms. The highest BCUT2D eigenvalue weighted by molar-refractivity contribution is 6.23. The van der Waals surface area contributed by atoms with Crippen molar-refractivity contribution in [3.63, 3.8) is 0 Å². The molecule has 0 aliphatic carbocycles. The number of nitrogens with two attached hydrogens (primary N) is 1. The minimum atomic E-state index is -0.591. The maximum Gasteiger partial charge on any atom is 0.262 e. The maximum atomic E-state index is 12.5. The summed E-state index contributed by atoms with van der Waals surface area (Å²) in [7, 11) is 4.20. The van der Waals surface area contributed by atoms with Crippen molar-refractivity contribution in [2.45, 2.75) is 18.9 Å². The third-order valence-electron chi connectivity index (χ3n) is 5.55. The topological polar surface area (TPSA) is 101 Å². The molecule has 2 aliphatic rings. The SMILES string of the molecule is CN(C)C1CCCN(c2ccc(-n3c(N)c4c(cc3=O)C(=O)NC4=O)cc2)C1. The predicted octanol–water partition coefficient (Wildman–Crippen LogP) is 0.834.